The molecule has 0 saturated heterocycles. The van der Waals surface area contributed by atoms with Gasteiger partial charge in [-0.1, -0.05) is 34.1 Å². The first-order valence-electron chi connectivity index (χ1n) is 8.44. The molecule has 0 spiro atoms. The quantitative estimate of drug-likeness (QED) is 0.250. The standard InChI is InChI=1S/C17H32N4OS.HI/c1-6-7-10-22-11-8-9-19-16(18-5)20-12-14-13-23-15(21-14)17(2,3)4;/h13H,6-12H2,1-5H3,(H2,18,19,20);1H. The largest absolute Gasteiger partial charge is 0.381 e. The Hall–Kier alpha value is -0.410. The van der Waals surface area contributed by atoms with Crippen molar-refractivity contribution in [3.05, 3.63) is 16.1 Å². The lowest BCUT2D eigenvalue weighted by Crippen LogP contribution is -2.37. The Bertz CT molecular complexity index is 471. The molecule has 1 heterocycles. The molecule has 0 radical (unpaired) electrons. The van der Waals surface area contributed by atoms with Gasteiger partial charge in [0.05, 0.1) is 17.2 Å². The molecule has 0 atom stereocenters. The molecular weight excluding hydrogens is 435 g/mol. The summed E-state index contributed by atoms with van der Waals surface area (Å²) >= 11 is 1.72. The van der Waals surface area contributed by atoms with E-state index in [0.29, 0.717) is 6.54 Å². The van der Waals surface area contributed by atoms with Crippen molar-refractivity contribution in [2.75, 3.05) is 26.8 Å². The maximum Gasteiger partial charge on any atom is 0.191 e. The van der Waals surface area contributed by atoms with Crippen LogP contribution in [0.1, 0.15) is 57.7 Å². The Morgan fingerprint density at radius 2 is 1.96 bits per heavy atom. The van der Waals surface area contributed by atoms with Crippen molar-refractivity contribution in [2.24, 2.45) is 4.99 Å². The molecule has 0 aromatic carbocycles. The maximum absolute atomic E-state index is 5.54. The SMILES string of the molecule is CCCCOCCCNC(=NC)NCc1csc(C(C)(C)C)n1.I. The van der Waals surface area contributed by atoms with Crippen LogP contribution in [0, 0.1) is 0 Å². The third-order valence-electron chi connectivity index (χ3n) is 3.25. The van der Waals surface area contributed by atoms with E-state index in [0.717, 1.165) is 44.3 Å². The number of thiazole rings is 1. The number of rotatable bonds is 9. The minimum Gasteiger partial charge on any atom is -0.381 e. The Kier molecular flexibility index (Phi) is 12.7. The van der Waals surface area contributed by atoms with Gasteiger partial charge < -0.3 is 15.4 Å². The van der Waals surface area contributed by atoms with Gasteiger partial charge in [0.1, 0.15) is 0 Å². The Morgan fingerprint density at radius 3 is 2.54 bits per heavy atom. The Balaban J connectivity index is 0.00000529. The molecule has 0 aliphatic rings. The van der Waals surface area contributed by atoms with Gasteiger partial charge in [-0.25, -0.2) is 4.98 Å². The molecule has 0 fully saturated rings. The summed E-state index contributed by atoms with van der Waals surface area (Å²) in [6.07, 6.45) is 3.30. The third kappa shape index (κ3) is 9.78. The van der Waals surface area contributed by atoms with Crippen LogP contribution in [-0.2, 0) is 16.7 Å². The highest BCUT2D eigenvalue weighted by molar-refractivity contribution is 14.0. The topological polar surface area (TPSA) is 58.5 Å². The van der Waals surface area contributed by atoms with Gasteiger partial charge in [-0.15, -0.1) is 35.3 Å². The number of nitrogens with zero attached hydrogens (tertiary/aromatic N) is 2. The second-order valence-electron chi connectivity index (χ2n) is 6.57. The second kappa shape index (κ2) is 12.9. The Morgan fingerprint density at radius 1 is 1.25 bits per heavy atom. The van der Waals surface area contributed by atoms with Crippen LogP contribution < -0.4 is 10.6 Å². The zero-order valence-electron chi connectivity index (χ0n) is 15.6. The Labute approximate surface area is 168 Å². The summed E-state index contributed by atoms with van der Waals surface area (Å²) in [4.78, 5) is 8.91. The van der Waals surface area contributed by atoms with Gasteiger partial charge in [-0.3, -0.25) is 4.99 Å². The van der Waals surface area contributed by atoms with Gasteiger partial charge >= 0.3 is 0 Å². The zero-order chi connectivity index (χ0) is 17.1. The van der Waals surface area contributed by atoms with Crippen LogP contribution in [0.5, 0.6) is 0 Å². The predicted molar refractivity (Wildman–Crippen MR) is 115 cm³/mol. The fraction of sp³-hybridized carbons (Fsp3) is 0.765. The van der Waals surface area contributed by atoms with E-state index in [1.807, 2.05) is 0 Å². The van der Waals surface area contributed by atoms with Crippen molar-refractivity contribution in [2.45, 2.75) is 58.9 Å². The van der Waals surface area contributed by atoms with Crippen LogP contribution in [0.2, 0.25) is 0 Å². The maximum atomic E-state index is 5.54. The van der Waals surface area contributed by atoms with Gasteiger partial charge in [0.15, 0.2) is 5.96 Å². The first kappa shape index (κ1) is 23.6. The second-order valence-corrected chi connectivity index (χ2v) is 7.42. The van der Waals surface area contributed by atoms with E-state index < -0.39 is 0 Å². The molecular formula is C17H33IN4OS. The lowest BCUT2D eigenvalue weighted by Gasteiger charge is -2.14. The summed E-state index contributed by atoms with van der Waals surface area (Å²) in [6.45, 7) is 11.9. The van der Waals surface area contributed by atoms with Crippen LogP contribution in [0.15, 0.2) is 10.4 Å². The number of hydrogen-bond donors (Lipinski definition) is 2. The van der Waals surface area contributed by atoms with Crippen LogP contribution in [-0.4, -0.2) is 37.7 Å². The molecule has 0 unspecified atom stereocenters. The number of aliphatic imine (C=N–C) groups is 1. The number of nitrogens with one attached hydrogen (secondary N) is 2. The molecule has 24 heavy (non-hydrogen) atoms. The molecule has 0 amide bonds. The van der Waals surface area contributed by atoms with E-state index in [9.17, 15) is 0 Å². The van der Waals surface area contributed by atoms with Crippen LogP contribution in [0.3, 0.4) is 0 Å². The number of ether oxygens (including phenoxy) is 1. The lowest BCUT2D eigenvalue weighted by molar-refractivity contribution is 0.129. The van der Waals surface area contributed by atoms with Crippen molar-refractivity contribution in [1.82, 2.24) is 15.6 Å². The number of unbranched alkanes of at least 4 members (excludes halogenated alkanes) is 1. The van der Waals surface area contributed by atoms with Gasteiger partial charge in [-0.05, 0) is 12.8 Å². The van der Waals surface area contributed by atoms with E-state index in [4.69, 9.17) is 4.74 Å². The summed E-state index contributed by atoms with van der Waals surface area (Å²) in [7, 11) is 1.79. The van der Waals surface area contributed by atoms with Gasteiger partial charge in [-0.2, -0.15) is 0 Å². The number of halogens is 1. The molecule has 2 N–H and O–H groups in total. The fourth-order valence-corrected chi connectivity index (χ4v) is 2.76. The highest BCUT2D eigenvalue weighted by Crippen LogP contribution is 2.25. The van der Waals surface area contributed by atoms with E-state index in [1.165, 1.54) is 11.4 Å². The molecule has 140 valence electrons. The molecule has 0 saturated carbocycles. The van der Waals surface area contributed by atoms with E-state index >= 15 is 0 Å². The van der Waals surface area contributed by atoms with Gasteiger partial charge in [0.2, 0.25) is 0 Å². The first-order valence-corrected chi connectivity index (χ1v) is 9.32. The van der Waals surface area contributed by atoms with Crippen molar-refractivity contribution in [3.8, 4) is 0 Å². The highest BCUT2D eigenvalue weighted by Gasteiger charge is 2.17. The molecule has 7 heteroatoms. The summed E-state index contributed by atoms with van der Waals surface area (Å²) in [5, 5.41) is 9.89. The molecule has 0 aliphatic carbocycles. The van der Waals surface area contributed by atoms with Crippen LogP contribution >= 0.6 is 35.3 Å². The predicted octanol–water partition coefficient (Wildman–Crippen LogP) is 3.93. The number of aromatic nitrogens is 1. The molecule has 1 rings (SSSR count). The summed E-state index contributed by atoms with van der Waals surface area (Å²) in [5.41, 5.74) is 1.17. The summed E-state index contributed by atoms with van der Waals surface area (Å²) in [6, 6.07) is 0. The fourth-order valence-electron chi connectivity index (χ4n) is 1.86. The number of guanidine groups is 1. The van der Waals surface area contributed by atoms with Gasteiger partial charge in [0, 0.05) is 37.6 Å². The lowest BCUT2D eigenvalue weighted by atomic mass is 9.98. The van der Waals surface area contributed by atoms with E-state index in [-0.39, 0.29) is 29.4 Å². The summed E-state index contributed by atoms with van der Waals surface area (Å²) in [5.74, 6) is 0.809. The minimum absolute atomic E-state index is 0. The van der Waals surface area contributed by atoms with Crippen LogP contribution in [0.25, 0.3) is 0 Å². The third-order valence-corrected chi connectivity index (χ3v) is 4.57. The van der Waals surface area contributed by atoms with Crippen molar-refractivity contribution < 1.29 is 4.74 Å². The van der Waals surface area contributed by atoms with E-state index in [1.54, 1.807) is 18.4 Å². The monoisotopic (exact) mass is 468 g/mol. The van der Waals surface area contributed by atoms with Crippen molar-refractivity contribution >= 4 is 41.3 Å². The zero-order valence-corrected chi connectivity index (χ0v) is 18.8. The normalized spacial score (nSPS) is 12.0. The van der Waals surface area contributed by atoms with Crippen molar-refractivity contribution in [1.29, 1.82) is 0 Å². The average molecular weight is 468 g/mol. The van der Waals surface area contributed by atoms with E-state index in [2.05, 4.69) is 53.7 Å². The average Bonchev–Trinajstić information content (AvgIpc) is 2.98. The first-order chi connectivity index (χ1) is 11.0. The van der Waals surface area contributed by atoms with Crippen molar-refractivity contribution in [3.63, 3.8) is 0 Å². The molecule has 0 aliphatic heterocycles. The van der Waals surface area contributed by atoms with Gasteiger partial charge in [0.25, 0.3) is 0 Å². The number of hydrogen-bond acceptors (Lipinski definition) is 4. The van der Waals surface area contributed by atoms with Crippen LogP contribution in [0.4, 0.5) is 0 Å². The minimum atomic E-state index is 0. The highest BCUT2D eigenvalue weighted by atomic mass is 127. The molecule has 1 aromatic rings. The molecule has 0 bridgehead atoms. The smallest absolute Gasteiger partial charge is 0.191 e. The molecule has 1 aromatic heterocycles. The summed E-state index contributed by atoms with van der Waals surface area (Å²) < 4.78 is 5.54. The molecule has 5 nitrogen and oxygen atoms in total.